The fourth-order valence-electron chi connectivity index (χ4n) is 3.17. The molecular weight excluding hydrogens is 292 g/mol. The first kappa shape index (κ1) is 16.4. The average Bonchev–Trinajstić information content (AvgIpc) is 3.09. The number of carbonyl (C=O) groups is 1. The third-order valence-electron chi connectivity index (χ3n) is 4.63. The highest BCUT2D eigenvalue weighted by molar-refractivity contribution is 5.78. The van der Waals surface area contributed by atoms with Gasteiger partial charge in [-0.15, -0.1) is 0 Å². The second-order valence-electron chi connectivity index (χ2n) is 6.45. The predicted molar refractivity (Wildman–Crippen MR) is 88.2 cm³/mol. The van der Waals surface area contributed by atoms with Crippen LogP contribution >= 0.6 is 0 Å². The highest BCUT2D eigenvalue weighted by Gasteiger charge is 2.28. The van der Waals surface area contributed by atoms with Crippen LogP contribution in [0.2, 0.25) is 0 Å². The molecule has 2 aliphatic rings. The van der Waals surface area contributed by atoms with Crippen LogP contribution in [0.15, 0.2) is 30.3 Å². The molecule has 2 aliphatic heterocycles. The Bertz CT molecular complexity index is 502. The first-order valence-corrected chi connectivity index (χ1v) is 8.51. The standard InChI is InChI=1S/C18H26N2O3/c1-14-13-23-17(15-6-3-2-4-7-15)11-20(14)12-18(21)19-10-16-8-5-9-22-16/h2-4,6-7,14,16-17H,5,8-13H2,1H3,(H,19,21). The molecule has 0 spiro atoms. The Balaban J connectivity index is 1.50. The van der Waals surface area contributed by atoms with Crippen molar-refractivity contribution in [2.45, 2.75) is 38.0 Å². The zero-order chi connectivity index (χ0) is 16.1. The van der Waals surface area contributed by atoms with E-state index >= 15 is 0 Å². The summed E-state index contributed by atoms with van der Waals surface area (Å²) in [4.78, 5) is 14.4. The smallest absolute Gasteiger partial charge is 0.234 e. The summed E-state index contributed by atoms with van der Waals surface area (Å²) in [6.45, 7) is 5.37. The number of ether oxygens (including phenoxy) is 2. The molecule has 126 valence electrons. The van der Waals surface area contributed by atoms with Crippen LogP contribution in [-0.4, -0.2) is 55.8 Å². The minimum Gasteiger partial charge on any atom is -0.376 e. The van der Waals surface area contributed by atoms with Gasteiger partial charge in [0.15, 0.2) is 0 Å². The third kappa shape index (κ3) is 4.53. The van der Waals surface area contributed by atoms with Crippen molar-refractivity contribution in [3.63, 3.8) is 0 Å². The normalized spacial score (nSPS) is 28.7. The van der Waals surface area contributed by atoms with E-state index in [0.717, 1.165) is 26.0 Å². The second kappa shape index (κ2) is 7.90. The van der Waals surface area contributed by atoms with Gasteiger partial charge in [0.2, 0.25) is 5.91 Å². The molecule has 0 aromatic heterocycles. The number of carbonyl (C=O) groups excluding carboxylic acids is 1. The maximum atomic E-state index is 12.2. The number of nitrogens with one attached hydrogen (secondary N) is 1. The zero-order valence-corrected chi connectivity index (χ0v) is 13.7. The van der Waals surface area contributed by atoms with Gasteiger partial charge in [-0.1, -0.05) is 30.3 Å². The SMILES string of the molecule is CC1COC(c2ccccc2)CN1CC(=O)NCC1CCCO1. The average molecular weight is 318 g/mol. The third-order valence-corrected chi connectivity index (χ3v) is 4.63. The molecule has 2 heterocycles. The number of amides is 1. The van der Waals surface area contributed by atoms with Crippen LogP contribution in [0.25, 0.3) is 0 Å². The van der Waals surface area contributed by atoms with E-state index in [1.165, 1.54) is 5.56 Å². The predicted octanol–water partition coefficient (Wildman–Crippen LogP) is 1.74. The lowest BCUT2D eigenvalue weighted by Gasteiger charge is -2.37. The molecule has 1 N–H and O–H groups in total. The fraction of sp³-hybridized carbons (Fsp3) is 0.611. The van der Waals surface area contributed by atoms with E-state index < -0.39 is 0 Å². The molecule has 1 amide bonds. The first-order chi connectivity index (χ1) is 11.2. The Morgan fingerprint density at radius 1 is 1.30 bits per heavy atom. The Kier molecular flexibility index (Phi) is 5.65. The van der Waals surface area contributed by atoms with E-state index in [1.807, 2.05) is 18.2 Å². The van der Waals surface area contributed by atoms with Gasteiger partial charge >= 0.3 is 0 Å². The second-order valence-corrected chi connectivity index (χ2v) is 6.45. The van der Waals surface area contributed by atoms with Gasteiger partial charge in [-0.25, -0.2) is 0 Å². The highest BCUT2D eigenvalue weighted by Crippen LogP contribution is 2.24. The van der Waals surface area contributed by atoms with Gasteiger partial charge in [-0.2, -0.15) is 0 Å². The van der Waals surface area contributed by atoms with Crippen LogP contribution in [0.1, 0.15) is 31.4 Å². The van der Waals surface area contributed by atoms with E-state index in [2.05, 4.69) is 29.3 Å². The molecule has 23 heavy (non-hydrogen) atoms. The largest absolute Gasteiger partial charge is 0.376 e. The molecule has 1 aromatic rings. The molecular formula is C18H26N2O3. The zero-order valence-electron chi connectivity index (χ0n) is 13.7. The van der Waals surface area contributed by atoms with Gasteiger partial charge in [-0.3, -0.25) is 9.69 Å². The van der Waals surface area contributed by atoms with Crippen molar-refractivity contribution in [3.8, 4) is 0 Å². The lowest BCUT2D eigenvalue weighted by Crippen LogP contribution is -2.49. The van der Waals surface area contributed by atoms with Gasteiger partial charge in [0, 0.05) is 25.7 Å². The van der Waals surface area contributed by atoms with E-state index in [4.69, 9.17) is 9.47 Å². The topological polar surface area (TPSA) is 50.8 Å². The summed E-state index contributed by atoms with van der Waals surface area (Å²) in [6, 6.07) is 10.5. The Labute approximate surface area is 137 Å². The summed E-state index contributed by atoms with van der Waals surface area (Å²) >= 11 is 0. The molecule has 3 atom stereocenters. The molecule has 0 radical (unpaired) electrons. The maximum absolute atomic E-state index is 12.2. The van der Waals surface area contributed by atoms with Gasteiger partial charge in [0.1, 0.15) is 0 Å². The van der Waals surface area contributed by atoms with Crippen molar-refractivity contribution < 1.29 is 14.3 Å². The molecule has 1 aromatic carbocycles. The van der Waals surface area contributed by atoms with Crippen molar-refractivity contribution in [2.75, 3.05) is 32.8 Å². The van der Waals surface area contributed by atoms with Crippen LogP contribution in [0.3, 0.4) is 0 Å². The van der Waals surface area contributed by atoms with Crippen LogP contribution < -0.4 is 5.32 Å². The number of rotatable bonds is 5. The van der Waals surface area contributed by atoms with Crippen molar-refractivity contribution >= 4 is 5.91 Å². The fourth-order valence-corrected chi connectivity index (χ4v) is 3.17. The number of nitrogens with zero attached hydrogens (tertiary/aromatic N) is 1. The van der Waals surface area contributed by atoms with Crippen LogP contribution in [0.4, 0.5) is 0 Å². The molecule has 0 bridgehead atoms. The lowest BCUT2D eigenvalue weighted by atomic mass is 10.1. The number of benzene rings is 1. The minimum absolute atomic E-state index is 0.0402. The Hall–Kier alpha value is -1.43. The van der Waals surface area contributed by atoms with Crippen molar-refractivity contribution in [1.29, 1.82) is 0 Å². The van der Waals surface area contributed by atoms with Gasteiger partial charge in [-0.05, 0) is 25.3 Å². The monoisotopic (exact) mass is 318 g/mol. The summed E-state index contributed by atoms with van der Waals surface area (Å²) in [6.07, 6.45) is 2.38. The molecule has 3 rings (SSSR count). The Morgan fingerprint density at radius 2 is 2.13 bits per heavy atom. The van der Waals surface area contributed by atoms with Crippen molar-refractivity contribution in [1.82, 2.24) is 10.2 Å². The number of hydrogen-bond donors (Lipinski definition) is 1. The molecule has 0 aliphatic carbocycles. The van der Waals surface area contributed by atoms with Crippen LogP contribution in [0.5, 0.6) is 0 Å². The summed E-state index contributed by atoms with van der Waals surface area (Å²) in [5.74, 6) is 0.0704. The summed E-state index contributed by atoms with van der Waals surface area (Å²) < 4.78 is 11.5. The van der Waals surface area contributed by atoms with E-state index in [-0.39, 0.29) is 24.2 Å². The quantitative estimate of drug-likeness (QED) is 0.898. The molecule has 0 saturated carbocycles. The van der Waals surface area contributed by atoms with E-state index in [9.17, 15) is 4.79 Å². The van der Waals surface area contributed by atoms with Gasteiger partial charge in [0.25, 0.3) is 0 Å². The Morgan fingerprint density at radius 3 is 2.87 bits per heavy atom. The van der Waals surface area contributed by atoms with Gasteiger partial charge < -0.3 is 14.8 Å². The summed E-state index contributed by atoms with van der Waals surface area (Å²) in [5, 5.41) is 3.00. The summed E-state index contributed by atoms with van der Waals surface area (Å²) in [7, 11) is 0. The number of hydrogen-bond acceptors (Lipinski definition) is 4. The molecule has 5 nitrogen and oxygen atoms in total. The molecule has 3 unspecified atom stereocenters. The number of morpholine rings is 1. The lowest BCUT2D eigenvalue weighted by molar-refractivity contribution is -0.127. The van der Waals surface area contributed by atoms with E-state index in [0.29, 0.717) is 19.7 Å². The van der Waals surface area contributed by atoms with Crippen molar-refractivity contribution in [2.24, 2.45) is 0 Å². The van der Waals surface area contributed by atoms with Gasteiger partial charge in [0.05, 0.1) is 25.4 Å². The molecule has 5 heteroatoms. The van der Waals surface area contributed by atoms with Crippen LogP contribution in [-0.2, 0) is 14.3 Å². The summed E-state index contributed by atoms with van der Waals surface area (Å²) in [5.41, 5.74) is 1.17. The van der Waals surface area contributed by atoms with Crippen LogP contribution in [0, 0.1) is 0 Å². The minimum atomic E-state index is 0.0402. The first-order valence-electron chi connectivity index (χ1n) is 8.51. The molecule has 2 fully saturated rings. The maximum Gasteiger partial charge on any atom is 0.234 e. The van der Waals surface area contributed by atoms with Crippen molar-refractivity contribution in [3.05, 3.63) is 35.9 Å². The van der Waals surface area contributed by atoms with E-state index in [1.54, 1.807) is 0 Å². The molecule has 2 saturated heterocycles. The highest BCUT2D eigenvalue weighted by atomic mass is 16.5.